The molecule has 2 amide bonds. The number of aliphatic hydroxyl groups is 1. The molecule has 1 heterocycles. The average molecular weight is 776 g/mol. The van der Waals surface area contributed by atoms with Gasteiger partial charge >= 0.3 is 12.0 Å². The zero-order valence-corrected chi connectivity index (χ0v) is 28.6. The molecule has 254 valence electrons. The van der Waals surface area contributed by atoms with Gasteiger partial charge in [0.25, 0.3) is 5.69 Å². The Bertz CT molecular complexity index is 1710. The molecule has 0 fully saturated rings. The van der Waals surface area contributed by atoms with Crippen molar-refractivity contribution in [1.82, 2.24) is 16.1 Å². The van der Waals surface area contributed by atoms with Crippen molar-refractivity contribution in [2.24, 2.45) is 5.10 Å². The largest absolute Gasteiger partial charge is 0.493 e. The first-order valence-electron chi connectivity index (χ1n) is 14.5. The number of amides is 2. The molecule has 3 aromatic rings. The summed E-state index contributed by atoms with van der Waals surface area (Å²) in [6, 6.07) is 13.3. The number of non-ortho nitro benzene ring substituents is 1. The average Bonchev–Trinajstić information content (AvgIpc) is 3.06. The Morgan fingerprint density at radius 2 is 1.85 bits per heavy atom. The second-order valence-corrected chi connectivity index (χ2v) is 11.3. The van der Waals surface area contributed by atoms with Gasteiger partial charge in [0.05, 0.1) is 47.1 Å². The Morgan fingerprint density at radius 3 is 2.52 bits per heavy atom. The number of carbonyl (C=O) groups excluding carboxylic acids is 2. The summed E-state index contributed by atoms with van der Waals surface area (Å²) in [4.78, 5) is 35.1. The molecule has 4 rings (SSSR count). The van der Waals surface area contributed by atoms with E-state index in [1.807, 2.05) is 6.07 Å². The molecule has 0 aliphatic carbocycles. The van der Waals surface area contributed by atoms with Crippen LogP contribution in [0, 0.1) is 13.7 Å². The van der Waals surface area contributed by atoms with Crippen LogP contribution < -0.4 is 35.0 Å². The number of nitrogens with one attached hydrogen (secondary N) is 3. The minimum atomic E-state index is -1.19. The number of hydrazone groups is 1. The Morgan fingerprint density at radius 1 is 1.10 bits per heavy atom. The van der Waals surface area contributed by atoms with Crippen LogP contribution in [-0.4, -0.2) is 61.9 Å². The summed E-state index contributed by atoms with van der Waals surface area (Å²) in [6.45, 7) is 3.71. The lowest BCUT2D eigenvalue weighted by Gasteiger charge is -2.28. The molecule has 2 atom stereocenters. The Hall–Kier alpha value is -5.10. The molecule has 0 aromatic heterocycles. The highest BCUT2D eigenvalue weighted by Crippen LogP contribution is 2.36. The SMILES string of the molecule is CCOc1cc([C@@H]2NC(=O)NC(C)=C2C(=O)OC)ccc1OC[C@H](O)N/N=C\c1cc(I)c(OCc2ccc([N+](=O)[O-])cc2)c(OC)c1. The van der Waals surface area contributed by atoms with Crippen molar-refractivity contribution in [3.63, 3.8) is 0 Å². The second kappa shape index (κ2) is 16.6. The van der Waals surface area contributed by atoms with Gasteiger partial charge in [-0.25, -0.2) is 9.59 Å². The molecule has 1 aliphatic heterocycles. The maximum Gasteiger partial charge on any atom is 0.337 e. The smallest absolute Gasteiger partial charge is 0.337 e. The Kier molecular flexibility index (Phi) is 12.4. The van der Waals surface area contributed by atoms with Gasteiger partial charge in [-0.1, -0.05) is 6.07 Å². The number of hydrogen-bond acceptors (Lipinski definition) is 12. The number of urea groups is 1. The molecule has 3 aromatic carbocycles. The van der Waals surface area contributed by atoms with Crippen molar-refractivity contribution >= 4 is 46.5 Å². The molecule has 0 unspecified atom stereocenters. The van der Waals surface area contributed by atoms with Crippen LogP contribution in [0.15, 0.2) is 71.0 Å². The van der Waals surface area contributed by atoms with Crippen molar-refractivity contribution in [3.05, 3.63) is 96.2 Å². The molecule has 1 aliphatic rings. The topological polar surface area (TPSA) is 192 Å². The summed E-state index contributed by atoms with van der Waals surface area (Å²) < 4.78 is 28.6. The number of carbonyl (C=O) groups is 2. The van der Waals surface area contributed by atoms with Gasteiger partial charge in [-0.3, -0.25) is 15.5 Å². The van der Waals surface area contributed by atoms with Gasteiger partial charge in [-0.15, -0.1) is 0 Å². The van der Waals surface area contributed by atoms with Crippen LogP contribution in [0.1, 0.15) is 36.6 Å². The van der Waals surface area contributed by atoms with Crippen molar-refractivity contribution < 1.29 is 43.3 Å². The molecular weight excluding hydrogens is 741 g/mol. The fourth-order valence-corrected chi connectivity index (χ4v) is 5.42. The lowest BCUT2D eigenvalue weighted by atomic mass is 9.95. The van der Waals surface area contributed by atoms with E-state index in [9.17, 15) is 24.8 Å². The van der Waals surface area contributed by atoms with Crippen LogP contribution in [-0.2, 0) is 16.1 Å². The first kappa shape index (κ1) is 35.7. The molecule has 48 heavy (non-hydrogen) atoms. The van der Waals surface area contributed by atoms with E-state index in [-0.39, 0.29) is 24.5 Å². The number of esters is 1. The fourth-order valence-electron chi connectivity index (χ4n) is 4.64. The van der Waals surface area contributed by atoms with E-state index in [2.05, 4.69) is 43.8 Å². The van der Waals surface area contributed by atoms with Gasteiger partial charge in [0, 0.05) is 17.8 Å². The highest BCUT2D eigenvalue weighted by Gasteiger charge is 2.32. The van der Waals surface area contributed by atoms with Gasteiger partial charge in [0.2, 0.25) is 0 Å². The normalized spacial score (nSPS) is 14.9. The Labute approximate surface area is 289 Å². The predicted octanol–water partition coefficient (Wildman–Crippen LogP) is 4.31. The Balaban J connectivity index is 1.38. The number of halogens is 1. The molecule has 0 saturated carbocycles. The lowest BCUT2D eigenvalue weighted by Crippen LogP contribution is -2.45. The van der Waals surface area contributed by atoms with Crippen LogP contribution in [0.3, 0.4) is 0 Å². The van der Waals surface area contributed by atoms with E-state index in [0.29, 0.717) is 46.4 Å². The van der Waals surface area contributed by atoms with Crippen LogP contribution in [0.2, 0.25) is 0 Å². The number of nitro benzene ring substituents is 1. The summed E-state index contributed by atoms with van der Waals surface area (Å²) in [5.74, 6) is 1.04. The van der Waals surface area contributed by atoms with Crippen molar-refractivity contribution in [2.45, 2.75) is 32.7 Å². The van der Waals surface area contributed by atoms with Crippen LogP contribution in [0.25, 0.3) is 0 Å². The van der Waals surface area contributed by atoms with E-state index < -0.39 is 29.2 Å². The number of allylic oxidation sites excluding steroid dienone is 1. The molecule has 0 spiro atoms. The van der Waals surface area contributed by atoms with Crippen LogP contribution in [0.5, 0.6) is 23.0 Å². The number of ether oxygens (including phenoxy) is 5. The van der Waals surface area contributed by atoms with Gasteiger partial charge in [-0.05, 0) is 89.5 Å². The van der Waals surface area contributed by atoms with Gasteiger partial charge < -0.3 is 39.4 Å². The zero-order chi connectivity index (χ0) is 34.8. The third kappa shape index (κ3) is 9.03. The standard InChI is InChI=1S/C32H34IN5O10/c1-5-46-25-14-21(29-28(31(40)45-4)18(2)35-32(41)36-29)8-11-24(25)47-17-27(39)37-34-15-20-12-23(33)30(26(13-20)44-3)48-16-19-6-9-22(10-7-19)38(42)43/h6-15,27,29,37,39H,5,16-17H2,1-4H3,(H2,35,36,41)/b34-15-/t27-,29-/m0/s1. The van der Waals surface area contributed by atoms with E-state index in [0.717, 1.165) is 9.13 Å². The monoisotopic (exact) mass is 775 g/mol. The summed E-state index contributed by atoms with van der Waals surface area (Å²) >= 11 is 2.10. The fraction of sp³-hybridized carbons (Fsp3) is 0.281. The third-order valence-electron chi connectivity index (χ3n) is 6.89. The number of nitrogens with zero attached hydrogens (tertiary/aromatic N) is 2. The first-order valence-corrected chi connectivity index (χ1v) is 15.6. The van der Waals surface area contributed by atoms with Crippen LogP contribution in [0.4, 0.5) is 10.5 Å². The van der Waals surface area contributed by atoms with Crippen molar-refractivity contribution in [1.29, 1.82) is 0 Å². The number of benzene rings is 3. The third-order valence-corrected chi connectivity index (χ3v) is 7.69. The van der Waals surface area contributed by atoms with Gasteiger partial charge in [0.15, 0.2) is 29.2 Å². The van der Waals surface area contributed by atoms with Gasteiger partial charge in [-0.2, -0.15) is 5.10 Å². The number of methoxy groups -OCH3 is 2. The van der Waals surface area contributed by atoms with E-state index in [1.54, 1.807) is 50.2 Å². The molecule has 0 radical (unpaired) electrons. The summed E-state index contributed by atoms with van der Waals surface area (Å²) in [6.07, 6.45) is 0.303. The first-order chi connectivity index (χ1) is 23.0. The minimum Gasteiger partial charge on any atom is -0.493 e. The van der Waals surface area contributed by atoms with E-state index in [4.69, 9.17) is 23.7 Å². The minimum absolute atomic E-state index is 0.00109. The van der Waals surface area contributed by atoms with Gasteiger partial charge in [0.1, 0.15) is 13.2 Å². The zero-order valence-electron chi connectivity index (χ0n) is 26.4. The number of hydrogen-bond donors (Lipinski definition) is 4. The van der Waals surface area contributed by atoms with Crippen LogP contribution >= 0.6 is 22.6 Å². The quantitative estimate of drug-likeness (QED) is 0.0430. The highest BCUT2D eigenvalue weighted by molar-refractivity contribution is 14.1. The lowest BCUT2D eigenvalue weighted by molar-refractivity contribution is -0.384. The van der Waals surface area contributed by atoms with Crippen molar-refractivity contribution in [2.75, 3.05) is 27.4 Å². The molecular formula is C32H34IN5O10. The molecule has 16 heteroatoms. The highest BCUT2D eigenvalue weighted by atomic mass is 127. The number of aliphatic hydroxyl groups excluding tert-OH is 1. The summed E-state index contributed by atoms with van der Waals surface area (Å²) in [5.41, 5.74) is 5.21. The summed E-state index contributed by atoms with van der Waals surface area (Å²) in [7, 11) is 2.77. The molecule has 15 nitrogen and oxygen atoms in total. The van der Waals surface area contributed by atoms with E-state index >= 15 is 0 Å². The number of nitro groups is 1. The van der Waals surface area contributed by atoms with E-state index in [1.165, 1.54) is 32.6 Å². The molecule has 4 N–H and O–H groups in total. The predicted molar refractivity (Wildman–Crippen MR) is 182 cm³/mol. The second-order valence-electron chi connectivity index (χ2n) is 10.2. The summed E-state index contributed by atoms with van der Waals surface area (Å²) in [5, 5.41) is 30.8. The maximum absolute atomic E-state index is 12.5. The maximum atomic E-state index is 12.5. The number of rotatable bonds is 15. The van der Waals surface area contributed by atoms with Crippen molar-refractivity contribution in [3.8, 4) is 23.0 Å². The molecule has 0 saturated heterocycles. The molecule has 0 bridgehead atoms.